The number of halogens is 1. The van der Waals surface area contributed by atoms with Gasteiger partial charge in [0.25, 0.3) is 10.2 Å². The highest BCUT2D eigenvalue weighted by Crippen LogP contribution is 2.17. The van der Waals surface area contributed by atoms with Crippen molar-refractivity contribution < 1.29 is 8.42 Å². The third-order valence-electron chi connectivity index (χ3n) is 2.43. The SMILES string of the molecule is CC(C)NS(=O)(=O)NC1CCCC(N)C1.Cl. The Morgan fingerprint density at radius 3 is 2.44 bits per heavy atom. The van der Waals surface area contributed by atoms with E-state index in [1.807, 2.05) is 0 Å². The Kier molecular flexibility index (Phi) is 6.81. The molecule has 0 aromatic heterocycles. The molecule has 0 aromatic carbocycles. The molecule has 0 spiro atoms. The van der Waals surface area contributed by atoms with Gasteiger partial charge in [0, 0.05) is 18.1 Å². The minimum absolute atomic E-state index is 0. The van der Waals surface area contributed by atoms with E-state index in [2.05, 4.69) is 9.44 Å². The smallest absolute Gasteiger partial charge is 0.277 e. The van der Waals surface area contributed by atoms with E-state index in [1.54, 1.807) is 13.8 Å². The number of nitrogens with one attached hydrogen (secondary N) is 2. The molecule has 98 valence electrons. The van der Waals surface area contributed by atoms with Gasteiger partial charge < -0.3 is 5.73 Å². The van der Waals surface area contributed by atoms with Gasteiger partial charge in [-0.3, -0.25) is 0 Å². The van der Waals surface area contributed by atoms with Crippen molar-refractivity contribution in [3.63, 3.8) is 0 Å². The van der Waals surface area contributed by atoms with Gasteiger partial charge in [-0.2, -0.15) is 17.9 Å². The maximum Gasteiger partial charge on any atom is 0.277 e. The molecule has 1 saturated carbocycles. The molecule has 0 aromatic rings. The topological polar surface area (TPSA) is 84.2 Å². The van der Waals surface area contributed by atoms with Crippen LogP contribution in [0.1, 0.15) is 39.5 Å². The lowest BCUT2D eigenvalue weighted by Gasteiger charge is -2.27. The highest BCUT2D eigenvalue weighted by Gasteiger charge is 2.23. The van der Waals surface area contributed by atoms with Crippen LogP contribution >= 0.6 is 12.4 Å². The molecule has 0 heterocycles. The average molecular weight is 272 g/mol. The summed E-state index contributed by atoms with van der Waals surface area (Å²) in [6.45, 7) is 3.59. The zero-order valence-corrected chi connectivity index (χ0v) is 11.4. The standard InChI is InChI=1S/C9H21N3O2S.ClH/c1-7(2)11-15(13,14)12-9-5-3-4-8(10)6-9;/h7-9,11-12H,3-6,10H2,1-2H3;1H. The molecule has 1 rings (SSSR count). The molecule has 1 aliphatic rings. The van der Waals surface area contributed by atoms with E-state index in [-0.39, 0.29) is 30.5 Å². The summed E-state index contributed by atoms with van der Waals surface area (Å²) in [6.07, 6.45) is 3.61. The number of nitrogens with two attached hydrogens (primary N) is 1. The van der Waals surface area contributed by atoms with Crippen LogP contribution in [0.15, 0.2) is 0 Å². The first kappa shape index (κ1) is 16.1. The summed E-state index contributed by atoms with van der Waals surface area (Å²) in [5.41, 5.74) is 5.79. The van der Waals surface area contributed by atoms with Crippen LogP contribution in [0.4, 0.5) is 0 Å². The first-order valence-corrected chi connectivity index (χ1v) is 6.92. The zero-order chi connectivity index (χ0) is 11.5. The lowest BCUT2D eigenvalue weighted by molar-refractivity contribution is 0.369. The van der Waals surface area contributed by atoms with Crippen LogP contribution in [-0.2, 0) is 10.2 Å². The Balaban J connectivity index is 0.00000225. The monoisotopic (exact) mass is 271 g/mol. The van der Waals surface area contributed by atoms with Crippen LogP contribution < -0.4 is 15.2 Å². The molecule has 1 fully saturated rings. The van der Waals surface area contributed by atoms with Crippen LogP contribution in [0.3, 0.4) is 0 Å². The highest BCUT2D eigenvalue weighted by molar-refractivity contribution is 7.87. The molecule has 0 aliphatic heterocycles. The highest BCUT2D eigenvalue weighted by atomic mass is 35.5. The van der Waals surface area contributed by atoms with Gasteiger partial charge in [0.05, 0.1) is 0 Å². The van der Waals surface area contributed by atoms with Crippen molar-refractivity contribution in [1.82, 2.24) is 9.44 Å². The summed E-state index contributed by atoms with van der Waals surface area (Å²) in [6, 6.07) is 0.0373. The van der Waals surface area contributed by atoms with Crippen molar-refractivity contribution in [2.45, 2.75) is 57.7 Å². The Labute approximate surface area is 104 Å². The minimum Gasteiger partial charge on any atom is -0.328 e. The predicted molar refractivity (Wildman–Crippen MR) is 67.8 cm³/mol. The maximum absolute atomic E-state index is 11.6. The van der Waals surface area contributed by atoms with Crippen LogP contribution in [0.25, 0.3) is 0 Å². The Morgan fingerprint density at radius 2 is 1.94 bits per heavy atom. The normalized spacial score (nSPS) is 26.5. The first-order chi connectivity index (χ1) is 6.89. The molecular weight excluding hydrogens is 250 g/mol. The van der Waals surface area contributed by atoms with E-state index in [1.165, 1.54) is 0 Å². The second-order valence-corrected chi connectivity index (χ2v) is 6.00. The fourth-order valence-corrected chi connectivity index (χ4v) is 3.24. The van der Waals surface area contributed by atoms with E-state index in [0.29, 0.717) is 0 Å². The molecule has 0 radical (unpaired) electrons. The summed E-state index contributed by atoms with van der Waals surface area (Å²) < 4.78 is 28.2. The second-order valence-electron chi connectivity index (χ2n) is 4.52. The number of rotatable bonds is 4. The zero-order valence-electron chi connectivity index (χ0n) is 9.77. The van der Waals surface area contributed by atoms with E-state index >= 15 is 0 Å². The lowest BCUT2D eigenvalue weighted by atomic mass is 9.92. The summed E-state index contributed by atoms with van der Waals surface area (Å²) in [5.74, 6) is 0. The first-order valence-electron chi connectivity index (χ1n) is 5.44. The summed E-state index contributed by atoms with van der Waals surface area (Å²) in [4.78, 5) is 0. The van der Waals surface area contributed by atoms with Crippen molar-refractivity contribution >= 4 is 22.6 Å². The molecule has 5 nitrogen and oxygen atoms in total. The van der Waals surface area contributed by atoms with Crippen molar-refractivity contribution in [2.24, 2.45) is 5.73 Å². The van der Waals surface area contributed by atoms with Crippen molar-refractivity contribution in [2.75, 3.05) is 0 Å². The molecule has 16 heavy (non-hydrogen) atoms. The Hall–Kier alpha value is 0.120. The average Bonchev–Trinajstić information content (AvgIpc) is 1.99. The second kappa shape index (κ2) is 6.76. The van der Waals surface area contributed by atoms with Crippen molar-refractivity contribution in [3.8, 4) is 0 Å². The maximum atomic E-state index is 11.6. The van der Waals surface area contributed by atoms with E-state index < -0.39 is 10.2 Å². The predicted octanol–water partition coefficient (Wildman–Crippen LogP) is 0.511. The van der Waals surface area contributed by atoms with Gasteiger partial charge in [0.2, 0.25) is 0 Å². The van der Waals surface area contributed by atoms with Crippen molar-refractivity contribution in [3.05, 3.63) is 0 Å². The minimum atomic E-state index is -3.36. The third kappa shape index (κ3) is 6.00. The van der Waals surface area contributed by atoms with Gasteiger partial charge in [-0.05, 0) is 33.1 Å². The van der Waals surface area contributed by atoms with Crippen LogP contribution in [-0.4, -0.2) is 26.5 Å². The van der Waals surface area contributed by atoms with E-state index in [4.69, 9.17) is 5.73 Å². The summed E-state index contributed by atoms with van der Waals surface area (Å²) in [5, 5.41) is 0. The molecular formula is C9H22ClN3O2S. The van der Waals surface area contributed by atoms with Gasteiger partial charge in [-0.1, -0.05) is 6.42 Å². The van der Waals surface area contributed by atoms with Gasteiger partial charge in [0.1, 0.15) is 0 Å². The van der Waals surface area contributed by atoms with Crippen LogP contribution in [0.5, 0.6) is 0 Å². The number of hydrogen-bond acceptors (Lipinski definition) is 3. The molecule has 4 N–H and O–H groups in total. The summed E-state index contributed by atoms with van der Waals surface area (Å²) >= 11 is 0. The Morgan fingerprint density at radius 1 is 1.31 bits per heavy atom. The fourth-order valence-electron chi connectivity index (χ4n) is 1.90. The van der Waals surface area contributed by atoms with Gasteiger partial charge >= 0.3 is 0 Å². The third-order valence-corrected chi connectivity index (χ3v) is 3.85. The largest absolute Gasteiger partial charge is 0.328 e. The van der Waals surface area contributed by atoms with Gasteiger partial charge in [-0.15, -0.1) is 12.4 Å². The lowest BCUT2D eigenvalue weighted by Crippen LogP contribution is -2.48. The molecule has 0 saturated heterocycles. The van der Waals surface area contributed by atoms with E-state index in [0.717, 1.165) is 25.7 Å². The molecule has 2 unspecified atom stereocenters. The Bertz CT molecular complexity index is 295. The molecule has 2 atom stereocenters. The summed E-state index contributed by atoms with van der Waals surface area (Å²) in [7, 11) is -3.36. The molecule has 7 heteroatoms. The van der Waals surface area contributed by atoms with Crippen LogP contribution in [0.2, 0.25) is 0 Å². The van der Waals surface area contributed by atoms with Crippen LogP contribution in [0, 0.1) is 0 Å². The molecule has 0 amide bonds. The molecule has 1 aliphatic carbocycles. The van der Waals surface area contributed by atoms with Crippen molar-refractivity contribution in [1.29, 1.82) is 0 Å². The van der Waals surface area contributed by atoms with Gasteiger partial charge in [0.15, 0.2) is 0 Å². The number of hydrogen-bond donors (Lipinski definition) is 3. The molecule has 0 bridgehead atoms. The van der Waals surface area contributed by atoms with Gasteiger partial charge in [-0.25, -0.2) is 0 Å². The van der Waals surface area contributed by atoms with E-state index in [9.17, 15) is 8.42 Å². The fraction of sp³-hybridized carbons (Fsp3) is 1.00. The quantitative estimate of drug-likeness (QED) is 0.697.